The van der Waals surface area contributed by atoms with E-state index < -0.39 is 6.04 Å². The first-order valence-corrected chi connectivity index (χ1v) is 8.04. The summed E-state index contributed by atoms with van der Waals surface area (Å²) < 4.78 is 13.7. The second-order valence-corrected chi connectivity index (χ2v) is 5.91. The summed E-state index contributed by atoms with van der Waals surface area (Å²) in [4.78, 5) is 13.9. The summed E-state index contributed by atoms with van der Waals surface area (Å²) in [5.74, 6) is -0.446. The average molecular weight is 329 g/mol. The van der Waals surface area contributed by atoms with Gasteiger partial charge in [0.25, 0.3) is 0 Å². The maximum atomic E-state index is 13.7. The van der Waals surface area contributed by atoms with E-state index >= 15 is 0 Å². The molecular weight excluding hydrogens is 305 g/mol. The van der Waals surface area contributed by atoms with Crippen molar-refractivity contribution in [3.05, 3.63) is 65.5 Å². The predicted octanol–water partition coefficient (Wildman–Crippen LogP) is 2.78. The van der Waals surface area contributed by atoms with Gasteiger partial charge in [-0.05, 0) is 31.0 Å². The van der Waals surface area contributed by atoms with Gasteiger partial charge in [0.2, 0.25) is 5.91 Å². The first-order valence-electron chi connectivity index (χ1n) is 8.04. The van der Waals surface area contributed by atoms with Crippen molar-refractivity contribution in [2.75, 3.05) is 25.0 Å². The van der Waals surface area contributed by atoms with Gasteiger partial charge in [-0.2, -0.15) is 0 Å². The highest BCUT2D eigenvalue weighted by molar-refractivity contribution is 5.82. The van der Waals surface area contributed by atoms with E-state index in [2.05, 4.69) is 5.32 Å². The Morgan fingerprint density at radius 2 is 1.88 bits per heavy atom. The van der Waals surface area contributed by atoms with Gasteiger partial charge < -0.3 is 16.0 Å². The lowest BCUT2D eigenvalue weighted by atomic mass is 10.1. The van der Waals surface area contributed by atoms with Gasteiger partial charge in [-0.3, -0.25) is 4.79 Å². The van der Waals surface area contributed by atoms with E-state index in [1.54, 1.807) is 18.2 Å². The van der Waals surface area contributed by atoms with Crippen LogP contribution in [-0.4, -0.2) is 26.0 Å². The Labute approximate surface area is 142 Å². The van der Waals surface area contributed by atoms with Crippen molar-refractivity contribution >= 4 is 11.6 Å². The van der Waals surface area contributed by atoms with Crippen LogP contribution in [0.25, 0.3) is 0 Å². The van der Waals surface area contributed by atoms with Gasteiger partial charge in [-0.1, -0.05) is 42.0 Å². The third-order valence-electron chi connectivity index (χ3n) is 3.95. The van der Waals surface area contributed by atoms with E-state index in [4.69, 9.17) is 5.73 Å². The van der Waals surface area contributed by atoms with Crippen molar-refractivity contribution in [1.82, 2.24) is 5.32 Å². The van der Waals surface area contributed by atoms with Gasteiger partial charge >= 0.3 is 0 Å². The number of anilines is 1. The first-order chi connectivity index (χ1) is 11.5. The summed E-state index contributed by atoms with van der Waals surface area (Å²) in [5, 5.41) is 2.83. The summed E-state index contributed by atoms with van der Waals surface area (Å²) in [6.07, 6.45) is 0.706. The monoisotopic (exact) mass is 329 g/mol. The molecule has 0 aliphatic carbocycles. The van der Waals surface area contributed by atoms with E-state index in [1.165, 1.54) is 6.07 Å². The number of amides is 1. The third kappa shape index (κ3) is 4.80. The van der Waals surface area contributed by atoms with E-state index in [0.29, 0.717) is 25.2 Å². The van der Waals surface area contributed by atoms with E-state index in [9.17, 15) is 9.18 Å². The van der Waals surface area contributed by atoms with Crippen LogP contribution in [0.5, 0.6) is 0 Å². The first kappa shape index (κ1) is 17.9. The Morgan fingerprint density at radius 1 is 1.21 bits per heavy atom. The third-order valence-corrected chi connectivity index (χ3v) is 3.95. The number of hydrogen-bond acceptors (Lipinski definition) is 3. The molecule has 0 saturated heterocycles. The molecular formula is C19H24FN3O. The number of rotatable bonds is 7. The van der Waals surface area contributed by atoms with Crippen LogP contribution >= 0.6 is 0 Å². The number of benzene rings is 2. The molecule has 3 N–H and O–H groups in total. The highest BCUT2D eigenvalue weighted by Crippen LogP contribution is 2.17. The minimum atomic E-state index is -0.671. The number of halogens is 1. The summed E-state index contributed by atoms with van der Waals surface area (Å²) >= 11 is 0. The molecule has 0 spiro atoms. The Hall–Kier alpha value is -2.40. The van der Waals surface area contributed by atoms with E-state index in [-0.39, 0.29) is 11.7 Å². The Kier molecular flexibility index (Phi) is 6.32. The normalized spacial score (nSPS) is 11.8. The number of para-hydroxylation sites is 1. The molecule has 1 atom stereocenters. The summed E-state index contributed by atoms with van der Waals surface area (Å²) in [7, 11) is 1.83. The Balaban J connectivity index is 1.76. The molecule has 0 aliphatic rings. The summed E-state index contributed by atoms with van der Waals surface area (Å²) in [6, 6.07) is 13.6. The van der Waals surface area contributed by atoms with Crippen LogP contribution in [0.15, 0.2) is 48.5 Å². The molecule has 0 bridgehead atoms. The topological polar surface area (TPSA) is 58.4 Å². The Bertz CT molecular complexity index is 673. The number of carbonyl (C=O) groups excluding carboxylic acids is 1. The van der Waals surface area contributed by atoms with Gasteiger partial charge in [0.15, 0.2) is 0 Å². The molecule has 2 aromatic rings. The second-order valence-electron chi connectivity index (χ2n) is 5.91. The molecule has 0 fully saturated rings. The van der Waals surface area contributed by atoms with Crippen molar-refractivity contribution < 1.29 is 9.18 Å². The zero-order valence-corrected chi connectivity index (χ0v) is 14.1. The lowest BCUT2D eigenvalue weighted by molar-refractivity contribution is -0.122. The van der Waals surface area contributed by atoms with Gasteiger partial charge in [-0.15, -0.1) is 0 Å². The summed E-state index contributed by atoms with van der Waals surface area (Å²) in [5.41, 5.74) is 8.45. The molecule has 4 nitrogen and oxygen atoms in total. The van der Waals surface area contributed by atoms with Crippen LogP contribution in [-0.2, 0) is 4.79 Å². The molecule has 2 rings (SSSR count). The van der Waals surface area contributed by atoms with Crippen LogP contribution in [0.3, 0.4) is 0 Å². The molecule has 1 amide bonds. The number of hydrogen-bond donors (Lipinski definition) is 2. The van der Waals surface area contributed by atoms with Crippen LogP contribution in [0, 0.1) is 12.7 Å². The molecule has 0 saturated carbocycles. The van der Waals surface area contributed by atoms with Gasteiger partial charge in [0, 0.05) is 20.1 Å². The number of nitrogens with two attached hydrogens (primary N) is 1. The molecule has 0 radical (unpaired) electrons. The van der Waals surface area contributed by atoms with E-state index in [1.807, 2.05) is 43.1 Å². The zero-order valence-electron chi connectivity index (χ0n) is 14.1. The molecule has 0 aromatic heterocycles. The lowest BCUT2D eigenvalue weighted by Gasteiger charge is -2.20. The minimum Gasteiger partial charge on any atom is -0.372 e. The highest BCUT2D eigenvalue weighted by Gasteiger charge is 2.15. The molecule has 128 valence electrons. The van der Waals surface area contributed by atoms with Crippen LogP contribution in [0.4, 0.5) is 10.1 Å². The van der Waals surface area contributed by atoms with Crippen LogP contribution < -0.4 is 16.0 Å². The molecule has 5 heteroatoms. The maximum Gasteiger partial charge on any atom is 0.241 e. The average Bonchev–Trinajstić information content (AvgIpc) is 2.58. The fourth-order valence-corrected chi connectivity index (χ4v) is 2.44. The Morgan fingerprint density at radius 3 is 2.54 bits per heavy atom. The number of nitrogens with one attached hydrogen (secondary N) is 1. The predicted molar refractivity (Wildman–Crippen MR) is 95.4 cm³/mol. The van der Waals surface area contributed by atoms with Crippen molar-refractivity contribution in [2.24, 2.45) is 5.73 Å². The summed E-state index contributed by atoms with van der Waals surface area (Å²) in [6.45, 7) is 3.12. The van der Waals surface area contributed by atoms with Gasteiger partial charge in [0.1, 0.15) is 11.9 Å². The smallest absolute Gasteiger partial charge is 0.241 e. The standard InChI is InChI=1S/C19H24FN3O/c1-14-8-10-15(11-9-14)18(21)19(24)22-12-5-13-23(2)17-7-4-3-6-16(17)20/h3-4,6-11,18H,5,12-13,21H2,1-2H3,(H,22,24). The number of carbonyl (C=O) groups is 1. The number of nitrogens with zero attached hydrogens (tertiary/aromatic N) is 1. The van der Waals surface area contributed by atoms with Crippen LogP contribution in [0.2, 0.25) is 0 Å². The quantitative estimate of drug-likeness (QED) is 0.768. The minimum absolute atomic E-state index is 0.201. The zero-order chi connectivity index (χ0) is 17.5. The lowest BCUT2D eigenvalue weighted by Crippen LogP contribution is -2.35. The fraction of sp³-hybridized carbons (Fsp3) is 0.316. The van der Waals surface area contributed by atoms with Gasteiger partial charge in [0.05, 0.1) is 5.69 Å². The molecule has 0 aliphatic heterocycles. The van der Waals surface area contributed by atoms with Crippen molar-refractivity contribution in [1.29, 1.82) is 0 Å². The molecule has 1 unspecified atom stereocenters. The second kappa shape index (κ2) is 8.45. The largest absolute Gasteiger partial charge is 0.372 e. The molecule has 2 aromatic carbocycles. The SMILES string of the molecule is Cc1ccc(C(N)C(=O)NCCCN(C)c2ccccc2F)cc1. The number of aryl methyl sites for hydroxylation is 1. The maximum absolute atomic E-state index is 13.7. The van der Waals surface area contributed by atoms with E-state index in [0.717, 1.165) is 11.1 Å². The fourth-order valence-electron chi connectivity index (χ4n) is 2.44. The highest BCUT2D eigenvalue weighted by atomic mass is 19.1. The van der Waals surface area contributed by atoms with Crippen molar-refractivity contribution in [2.45, 2.75) is 19.4 Å². The molecule has 24 heavy (non-hydrogen) atoms. The van der Waals surface area contributed by atoms with Crippen molar-refractivity contribution in [3.63, 3.8) is 0 Å². The van der Waals surface area contributed by atoms with Crippen molar-refractivity contribution in [3.8, 4) is 0 Å². The van der Waals surface area contributed by atoms with Gasteiger partial charge in [-0.25, -0.2) is 4.39 Å². The van der Waals surface area contributed by atoms with Crippen LogP contribution in [0.1, 0.15) is 23.6 Å². The molecule has 0 heterocycles.